The number of azo groups is 2. The predicted octanol–water partition coefficient (Wildman–Crippen LogP) is 7.58. The van der Waals surface area contributed by atoms with E-state index in [0.717, 1.165) is 22.5 Å². The Labute approximate surface area is 269 Å². The van der Waals surface area contributed by atoms with E-state index in [9.17, 15) is 9.59 Å². The maximum atomic E-state index is 12.3. The number of benzene rings is 3. The Morgan fingerprint density at radius 2 is 1.07 bits per heavy atom. The van der Waals surface area contributed by atoms with Gasteiger partial charge in [0, 0.05) is 11.1 Å². The normalized spacial score (nSPS) is 15.5. The van der Waals surface area contributed by atoms with Gasteiger partial charge in [-0.3, -0.25) is 20.4 Å². The SMILES string of the molecule is Cc1nc(N/N=C2/C(=O)Nc3ccccc32)sc1N=Nc1cccc(N=Nc2sc(N/N=C3/C(=O)Nc4ccccc43)nc2C)c1. The minimum Gasteiger partial charge on any atom is -0.320 e. The lowest BCUT2D eigenvalue weighted by atomic mass is 10.1. The van der Waals surface area contributed by atoms with Crippen molar-refractivity contribution < 1.29 is 9.59 Å². The summed E-state index contributed by atoms with van der Waals surface area (Å²) in [6.07, 6.45) is 0. The second-order valence-corrected chi connectivity index (χ2v) is 11.8. The van der Waals surface area contributed by atoms with Gasteiger partial charge in [-0.05, 0) is 44.2 Å². The van der Waals surface area contributed by atoms with Gasteiger partial charge in [0.1, 0.15) is 0 Å². The minimum atomic E-state index is -0.280. The van der Waals surface area contributed by atoms with Crippen molar-refractivity contribution in [2.45, 2.75) is 13.8 Å². The maximum absolute atomic E-state index is 12.3. The quantitative estimate of drug-likeness (QED) is 0.0995. The first-order chi connectivity index (χ1) is 22.4. The average molecular weight is 647 g/mol. The van der Waals surface area contributed by atoms with Crippen LogP contribution in [-0.2, 0) is 9.59 Å². The number of nitrogens with zero attached hydrogens (tertiary/aromatic N) is 8. The molecule has 3 aromatic carbocycles. The van der Waals surface area contributed by atoms with Gasteiger partial charge >= 0.3 is 0 Å². The molecule has 0 aliphatic carbocycles. The highest BCUT2D eigenvalue weighted by molar-refractivity contribution is 7.19. The van der Waals surface area contributed by atoms with Crippen molar-refractivity contribution in [3.63, 3.8) is 0 Å². The van der Waals surface area contributed by atoms with Crippen LogP contribution < -0.4 is 21.5 Å². The first kappa shape index (κ1) is 28.8. The fraction of sp³-hybridized carbons (Fsp3) is 0.0667. The van der Waals surface area contributed by atoms with Crippen molar-refractivity contribution in [3.8, 4) is 0 Å². The van der Waals surface area contributed by atoms with E-state index in [1.54, 1.807) is 18.2 Å². The molecule has 46 heavy (non-hydrogen) atoms. The number of carbonyl (C=O) groups excluding carboxylic acids is 2. The molecule has 0 fully saturated rings. The highest BCUT2D eigenvalue weighted by Gasteiger charge is 2.26. The van der Waals surface area contributed by atoms with Gasteiger partial charge in [-0.15, -0.1) is 20.5 Å². The Kier molecular flexibility index (Phi) is 7.61. The Bertz CT molecular complexity index is 2000. The van der Waals surface area contributed by atoms with Crippen LogP contribution in [0.2, 0.25) is 0 Å². The molecule has 0 unspecified atom stereocenters. The van der Waals surface area contributed by atoms with Gasteiger partial charge in [-0.2, -0.15) is 10.2 Å². The number of hydrogen-bond acceptors (Lipinski definition) is 14. The number of aryl methyl sites for hydroxylation is 2. The van der Waals surface area contributed by atoms with E-state index in [1.165, 1.54) is 22.7 Å². The lowest BCUT2D eigenvalue weighted by Crippen LogP contribution is -2.15. The van der Waals surface area contributed by atoms with E-state index < -0.39 is 0 Å². The Hall–Kier alpha value is -6.00. The highest BCUT2D eigenvalue weighted by Crippen LogP contribution is 2.35. The molecule has 0 saturated heterocycles. The summed E-state index contributed by atoms with van der Waals surface area (Å²) >= 11 is 2.53. The molecular formula is C30H22N12O2S2. The minimum absolute atomic E-state index is 0.280. The first-order valence-electron chi connectivity index (χ1n) is 13.8. The van der Waals surface area contributed by atoms with Gasteiger partial charge in [0.25, 0.3) is 11.8 Å². The summed E-state index contributed by atoms with van der Waals surface area (Å²) in [5, 5.41) is 33.7. The molecule has 0 spiro atoms. The zero-order valence-corrected chi connectivity index (χ0v) is 25.8. The van der Waals surface area contributed by atoms with Gasteiger partial charge in [-0.1, -0.05) is 65.1 Å². The monoisotopic (exact) mass is 646 g/mol. The Balaban J connectivity index is 1.01. The van der Waals surface area contributed by atoms with Crippen LogP contribution in [0.5, 0.6) is 0 Å². The van der Waals surface area contributed by atoms with E-state index in [0.29, 0.717) is 43.0 Å². The second kappa shape index (κ2) is 12.2. The number of carbonyl (C=O) groups is 2. The second-order valence-electron chi connectivity index (χ2n) is 9.88. The van der Waals surface area contributed by atoms with Crippen molar-refractivity contribution >= 4 is 88.9 Å². The molecule has 0 bridgehead atoms. The van der Waals surface area contributed by atoms with Crippen molar-refractivity contribution in [2.75, 3.05) is 21.5 Å². The van der Waals surface area contributed by atoms with Gasteiger partial charge in [0.05, 0.1) is 34.1 Å². The van der Waals surface area contributed by atoms with Crippen molar-refractivity contribution in [3.05, 3.63) is 95.3 Å². The van der Waals surface area contributed by atoms with Crippen LogP contribution in [0.25, 0.3) is 0 Å². The fourth-order valence-corrected chi connectivity index (χ4v) is 5.98. The van der Waals surface area contributed by atoms with E-state index in [-0.39, 0.29) is 23.2 Å². The van der Waals surface area contributed by atoms with E-state index in [2.05, 4.69) is 62.1 Å². The molecule has 2 aromatic heterocycles. The Morgan fingerprint density at radius 1 is 0.609 bits per heavy atom. The largest absolute Gasteiger partial charge is 0.320 e. The van der Waals surface area contributed by atoms with E-state index in [4.69, 9.17) is 0 Å². The summed E-state index contributed by atoms with van der Waals surface area (Å²) in [6, 6.07) is 21.9. The third kappa shape index (κ3) is 5.89. The fourth-order valence-electron chi connectivity index (χ4n) is 4.52. The van der Waals surface area contributed by atoms with Crippen molar-refractivity contribution in [2.24, 2.45) is 30.7 Å². The molecule has 2 amide bonds. The van der Waals surface area contributed by atoms with Crippen molar-refractivity contribution in [1.82, 2.24) is 9.97 Å². The molecule has 7 rings (SSSR count). The number of nitrogens with one attached hydrogen (secondary N) is 4. The van der Waals surface area contributed by atoms with Crippen LogP contribution in [0.4, 0.5) is 43.0 Å². The molecule has 14 nitrogen and oxygen atoms in total. The summed E-state index contributed by atoms with van der Waals surface area (Å²) in [5.74, 6) is -0.560. The number of hydrogen-bond donors (Lipinski definition) is 4. The number of anilines is 4. The molecule has 16 heteroatoms. The number of fused-ring (bicyclic) bond motifs is 2. The van der Waals surface area contributed by atoms with Crippen LogP contribution in [0.3, 0.4) is 0 Å². The van der Waals surface area contributed by atoms with Gasteiger partial charge in [0.15, 0.2) is 21.4 Å². The highest BCUT2D eigenvalue weighted by atomic mass is 32.1. The predicted molar refractivity (Wildman–Crippen MR) is 179 cm³/mol. The standard InChI is InChI=1S/C30H22N12O2S2/c1-15-27(45-29(31-15)41-37-23-19-10-3-5-12-21(19)33-25(23)43)39-35-17-8-7-9-18(14-17)36-40-28-16(2)32-30(46-28)42-38-24-20-11-4-6-13-22(20)34-26(24)44/h3-14H,1-2H3,(H,31,41)(H,32,42)(H,33,37,43)(H,34,38,44). The molecular weight excluding hydrogens is 625 g/mol. The smallest absolute Gasteiger partial charge is 0.276 e. The molecule has 0 atom stereocenters. The molecule has 5 aromatic rings. The van der Waals surface area contributed by atoms with Crippen LogP contribution >= 0.6 is 22.7 Å². The average Bonchev–Trinajstić information content (AvgIpc) is 3.79. The van der Waals surface area contributed by atoms with Crippen LogP contribution in [-0.4, -0.2) is 33.2 Å². The summed E-state index contributed by atoms with van der Waals surface area (Å²) in [5.41, 5.74) is 11.7. The lowest BCUT2D eigenvalue weighted by molar-refractivity contribution is -0.110. The number of aromatic nitrogens is 2. The number of amides is 2. The molecule has 4 N–H and O–H groups in total. The summed E-state index contributed by atoms with van der Waals surface area (Å²) in [4.78, 5) is 33.5. The van der Waals surface area contributed by atoms with Gasteiger partial charge in [0.2, 0.25) is 10.3 Å². The third-order valence-corrected chi connectivity index (χ3v) is 8.60. The number of rotatable bonds is 8. The zero-order chi connectivity index (χ0) is 31.6. The van der Waals surface area contributed by atoms with Crippen LogP contribution in [0.15, 0.2) is 103 Å². The first-order valence-corrected chi connectivity index (χ1v) is 15.4. The number of thiazole rings is 2. The molecule has 0 radical (unpaired) electrons. The number of para-hydroxylation sites is 2. The lowest BCUT2D eigenvalue weighted by Gasteiger charge is -1.97. The summed E-state index contributed by atoms with van der Waals surface area (Å²) in [7, 11) is 0. The molecule has 4 heterocycles. The number of hydrazone groups is 2. The van der Waals surface area contributed by atoms with E-state index in [1.807, 2.05) is 68.4 Å². The van der Waals surface area contributed by atoms with Gasteiger partial charge < -0.3 is 10.6 Å². The van der Waals surface area contributed by atoms with Crippen LogP contribution in [0.1, 0.15) is 22.5 Å². The molecule has 0 saturated carbocycles. The van der Waals surface area contributed by atoms with Gasteiger partial charge in [-0.25, -0.2) is 9.97 Å². The van der Waals surface area contributed by atoms with Crippen LogP contribution in [0, 0.1) is 13.8 Å². The molecule has 2 aliphatic heterocycles. The molecule has 226 valence electrons. The summed E-state index contributed by atoms with van der Waals surface area (Å²) in [6.45, 7) is 3.64. The maximum Gasteiger partial charge on any atom is 0.276 e. The van der Waals surface area contributed by atoms with E-state index >= 15 is 0 Å². The Morgan fingerprint density at radius 3 is 1.54 bits per heavy atom. The van der Waals surface area contributed by atoms with Crippen molar-refractivity contribution in [1.29, 1.82) is 0 Å². The topological polar surface area (TPSA) is 182 Å². The molecule has 2 aliphatic rings. The third-order valence-electron chi connectivity index (χ3n) is 6.70. The zero-order valence-electron chi connectivity index (χ0n) is 24.1. The summed E-state index contributed by atoms with van der Waals surface area (Å²) < 4.78 is 0.